The van der Waals surface area contributed by atoms with Gasteiger partial charge in [-0.3, -0.25) is 4.90 Å². The van der Waals surface area contributed by atoms with Gasteiger partial charge in [0.05, 0.1) is 5.69 Å². The summed E-state index contributed by atoms with van der Waals surface area (Å²) in [6, 6.07) is 15.3. The molecule has 0 amide bonds. The van der Waals surface area contributed by atoms with Crippen LogP contribution < -0.4 is 5.32 Å². The van der Waals surface area contributed by atoms with Gasteiger partial charge in [-0.25, -0.2) is 14.4 Å². The average molecular weight is 435 g/mol. The highest BCUT2D eigenvalue weighted by Gasteiger charge is 2.22. The topological polar surface area (TPSA) is 61.3 Å². The van der Waals surface area contributed by atoms with Crippen LogP contribution in [0, 0.1) is 5.82 Å². The smallest absolute Gasteiger partial charge is 0.132 e. The van der Waals surface area contributed by atoms with E-state index in [-0.39, 0.29) is 11.6 Å². The number of aromatic hydroxyl groups is 1. The SMILES string of the molecule is C[C@H]1CN(Cc2ccc(F)c(-c3ccnc(CCCc4cccc(O)c4)n3)c2)[C@@H](C)CN1. The molecule has 1 saturated heterocycles. The number of piperazine rings is 1. The Hall–Kier alpha value is -2.83. The fourth-order valence-corrected chi connectivity index (χ4v) is 4.25. The molecule has 2 atom stereocenters. The first-order valence-electron chi connectivity index (χ1n) is 11.3. The highest BCUT2D eigenvalue weighted by molar-refractivity contribution is 5.60. The lowest BCUT2D eigenvalue weighted by atomic mass is 10.0. The van der Waals surface area contributed by atoms with Crippen molar-refractivity contribution in [3.05, 3.63) is 77.5 Å². The molecule has 32 heavy (non-hydrogen) atoms. The Balaban J connectivity index is 1.45. The van der Waals surface area contributed by atoms with Gasteiger partial charge in [-0.05, 0) is 68.1 Å². The number of aryl methyl sites for hydroxylation is 2. The van der Waals surface area contributed by atoms with Crippen molar-refractivity contribution in [3.63, 3.8) is 0 Å². The normalized spacial score (nSPS) is 19.2. The van der Waals surface area contributed by atoms with Gasteiger partial charge in [-0.2, -0.15) is 0 Å². The number of halogens is 1. The Kier molecular flexibility index (Phi) is 7.12. The van der Waals surface area contributed by atoms with Crippen molar-refractivity contribution in [1.82, 2.24) is 20.2 Å². The molecule has 3 aromatic rings. The number of nitrogens with one attached hydrogen (secondary N) is 1. The zero-order chi connectivity index (χ0) is 22.5. The van der Waals surface area contributed by atoms with Crippen LogP contribution in [0.4, 0.5) is 4.39 Å². The molecule has 0 spiro atoms. The first-order valence-corrected chi connectivity index (χ1v) is 11.3. The van der Waals surface area contributed by atoms with Crippen LogP contribution in [0.5, 0.6) is 5.75 Å². The maximum atomic E-state index is 14.7. The fourth-order valence-electron chi connectivity index (χ4n) is 4.25. The third-order valence-electron chi connectivity index (χ3n) is 6.07. The maximum Gasteiger partial charge on any atom is 0.132 e. The molecule has 0 bridgehead atoms. The third-order valence-corrected chi connectivity index (χ3v) is 6.07. The second kappa shape index (κ2) is 10.2. The summed E-state index contributed by atoms with van der Waals surface area (Å²) in [6.45, 7) is 7.15. The number of benzene rings is 2. The highest BCUT2D eigenvalue weighted by atomic mass is 19.1. The predicted octanol–water partition coefficient (Wildman–Crippen LogP) is 4.35. The number of aromatic nitrogens is 2. The highest BCUT2D eigenvalue weighted by Crippen LogP contribution is 2.24. The standard InChI is InChI=1S/C26H31FN4O/c1-18-16-31(19(2)15-29-18)17-21-9-10-24(27)23(14-21)25-11-12-28-26(30-25)8-4-6-20-5-3-7-22(32)13-20/h3,5,7,9-14,18-19,29,32H,4,6,8,15-17H2,1-2H3/t18-,19-/m0/s1. The van der Waals surface area contributed by atoms with Gasteiger partial charge in [0, 0.05) is 49.9 Å². The molecule has 1 aliphatic heterocycles. The molecule has 0 radical (unpaired) electrons. The molecule has 6 heteroatoms. The van der Waals surface area contributed by atoms with Crippen molar-refractivity contribution in [2.45, 2.75) is 51.7 Å². The summed E-state index contributed by atoms with van der Waals surface area (Å²) in [5, 5.41) is 13.1. The number of hydrogen-bond acceptors (Lipinski definition) is 5. The molecule has 1 aromatic heterocycles. The zero-order valence-electron chi connectivity index (χ0n) is 18.8. The van der Waals surface area contributed by atoms with E-state index in [9.17, 15) is 9.50 Å². The number of rotatable bonds is 7. The Morgan fingerprint density at radius 1 is 1.09 bits per heavy atom. The molecule has 0 aliphatic carbocycles. The Labute approximate surface area is 189 Å². The van der Waals surface area contributed by atoms with Gasteiger partial charge in [0.25, 0.3) is 0 Å². The van der Waals surface area contributed by atoms with E-state index in [0.717, 1.165) is 43.6 Å². The summed E-state index contributed by atoms with van der Waals surface area (Å²) < 4.78 is 14.7. The maximum absolute atomic E-state index is 14.7. The molecule has 0 unspecified atom stereocenters. The fraction of sp³-hybridized carbons (Fsp3) is 0.385. The molecule has 0 saturated carbocycles. The van der Waals surface area contributed by atoms with Crippen molar-refractivity contribution in [2.75, 3.05) is 13.1 Å². The lowest BCUT2D eigenvalue weighted by Gasteiger charge is -2.37. The second-order valence-corrected chi connectivity index (χ2v) is 8.78. The molecule has 4 rings (SSSR count). The number of phenolic OH excluding ortho intramolecular Hbond substituents is 1. The van der Waals surface area contributed by atoms with Gasteiger partial charge in [0.1, 0.15) is 17.4 Å². The van der Waals surface area contributed by atoms with E-state index in [1.54, 1.807) is 30.5 Å². The van der Waals surface area contributed by atoms with Crippen LogP contribution in [0.25, 0.3) is 11.3 Å². The van der Waals surface area contributed by atoms with Crippen LogP contribution in [-0.4, -0.2) is 45.1 Å². The molecular formula is C26H31FN4O. The quantitative estimate of drug-likeness (QED) is 0.579. The van der Waals surface area contributed by atoms with E-state index in [2.05, 4.69) is 34.0 Å². The number of hydrogen-bond donors (Lipinski definition) is 2. The minimum Gasteiger partial charge on any atom is -0.508 e. The summed E-state index contributed by atoms with van der Waals surface area (Å²) >= 11 is 0. The zero-order valence-corrected chi connectivity index (χ0v) is 18.8. The van der Waals surface area contributed by atoms with Crippen LogP contribution in [-0.2, 0) is 19.4 Å². The molecule has 1 fully saturated rings. The van der Waals surface area contributed by atoms with Crippen LogP contribution >= 0.6 is 0 Å². The lowest BCUT2D eigenvalue weighted by molar-refractivity contribution is 0.139. The molecule has 5 nitrogen and oxygen atoms in total. The van der Waals surface area contributed by atoms with E-state index in [1.807, 2.05) is 24.3 Å². The summed E-state index contributed by atoms with van der Waals surface area (Å²) in [6.07, 6.45) is 4.08. The van der Waals surface area contributed by atoms with Crippen molar-refractivity contribution in [3.8, 4) is 17.0 Å². The number of nitrogens with zero attached hydrogens (tertiary/aromatic N) is 3. The van der Waals surface area contributed by atoms with Crippen molar-refractivity contribution in [1.29, 1.82) is 0 Å². The van der Waals surface area contributed by atoms with Gasteiger partial charge in [-0.1, -0.05) is 18.2 Å². The van der Waals surface area contributed by atoms with E-state index >= 15 is 0 Å². The van der Waals surface area contributed by atoms with Crippen LogP contribution in [0.1, 0.15) is 37.2 Å². The Morgan fingerprint density at radius 2 is 1.97 bits per heavy atom. The largest absolute Gasteiger partial charge is 0.508 e. The first kappa shape index (κ1) is 22.4. The Bertz CT molecular complexity index is 1060. The average Bonchev–Trinajstić information content (AvgIpc) is 2.78. The molecular weight excluding hydrogens is 403 g/mol. The van der Waals surface area contributed by atoms with E-state index in [4.69, 9.17) is 0 Å². The van der Waals surface area contributed by atoms with Gasteiger partial charge >= 0.3 is 0 Å². The van der Waals surface area contributed by atoms with Crippen molar-refractivity contribution in [2.24, 2.45) is 0 Å². The van der Waals surface area contributed by atoms with Gasteiger partial charge in [-0.15, -0.1) is 0 Å². The minimum atomic E-state index is -0.264. The summed E-state index contributed by atoms with van der Waals surface area (Å²) in [5.41, 5.74) is 3.31. The molecule has 2 heterocycles. The minimum absolute atomic E-state index is 0.264. The van der Waals surface area contributed by atoms with Crippen LogP contribution in [0.3, 0.4) is 0 Å². The molecule has 168 valence electrons. The van der Waals surface area contributed by atoms with E-state index in [0.29, 0.717) is 35.6 Å². The van der Waals surface area contributed by atoms with E-state index in [1.165, 1.54) is 0 Å². The van der Waals surface area contributed by atoms with E-state index < -0.39 is 0 Å². The van der Waals surface area contributed by atoms with Gasteiger partial charge < -0.3 is 10.4 Å². The van der Waals surface area contributed by atoms with Crippen molar-refractivity contribution >= 4 is 0 Å². The van der Waals surface area contributed by atoms with Crippen molar-refractivity contribution < 1.29 is 9.50 Å². The van der Waals surface area contributed by atoms with Crippen LogP contribution in [0.15, 0.2) is 54.7 Å². The summed E-state index contributed by atoms with van der Waals surface area (Å²) in [4.78, 5) is 11.5. The monoisotopic (exact) mass is 434 g/mol. The second-order valence-electron chi connectivity index (χ2n) is 8.78. The molecule has 2 N–H and O–H groups in total. The van der Waals surface area contributed by atoms with Gasteiger partial charge in [0.2, 0.25) is 0 Å². The summed E-state index contributed by atoms with van der Waals surface area (Å²) in [7, 11) is 0. The van der Waals surface area contributed by atoms with Gasteiger partial charge in [0.15, 0.2) is 0 Å². The third kappa shape index (κ3) is 5.69. The first-order chi connectivity index (χ1) is 15.5. The summed E-state index contributed by atoms with van der Waals surface area (Å²) in [5.74, 6) is 0.720. The molecule has 1 aliphatic rings. The predicted molar refractivity (Wildman–Crippen MR) is 125 cm³/mol. The molecule has 2 aromatic carbocycles. The lowest BCUT2D eigenvalue weighted by Crippen LogP contribution is -2.53. The Morgan fingerprint density at radius 3 is 2.81 bits per heavy atom. The number of phenols is 1. The van der Waals surface area contributed by atoms with Crippen LogP contribution in [0.2, 0.25) is 0 Å².